The average molecular weight is 595 g/mol. The van der Waals surface area contributed by atoms with Crippen LogP contribution in [0.1, 0.15) is 21.9 Å². The summed E-state index contributed by atoms with van der Waals surface area (Å²) in [5.41, 5.74) is 0.492. The summed E-state index contributed by atoms with van der Waals surface area (Å²) in [5, 5.41) is 5.34. The molecule has 3 aromatic heterocycles. The number of methoxy groups -OCH3 is 1. The van der Waals surface area contributed by atoms with Crippen molar-refractivity contribution in [3.8, 4) is 5.75 Å². The van der Waals surface area contributed by atoms with Gasteiger partial charge in [-0.2, -0.15) is 4.31 Å². The van der Waals surface area contributed by atoms with Gasteiger partial charge >= 0.3 is 0 Å². The highest BCUT2D eigenvalue weighted by Gasteiger charge is 2.54. The lowest BCUT2D eigenvalue weighted by Crippen LogP contribution is -2.53. The van der Waals surface area contributed by atoms with Gasteiger partial charge < -0.3 is 19.4 Å². The Morgan fingerprint density at radius 2 is 2.07 bits per heavy atom. The largest absolute Gasteiger partial charge is 0.497 e. The number of hydrogen-bond acceptors (Lipinski definition) is 9. The number of furan rings is 1. The predicted molar refractivity (Wildman–Crippen MR) is 149 cm³/mol. The number of carbonyl (C=O) groups is 3. The molecular formula is C28H26N4O7S2. The summed E-state index contributed by atoms with van der Waals surface area (Å²) in [6.07, 6.45) is 3.21. The lowest BCUT2D eigenvalue weighted by atomic mass is 10.1. The monoisotopic (exact) mass is 594 g/mol. The standard InChI is InChI=1S/C28H26N4O7S2/c1-38-18-6-7-24-17(12-18)13-25(39-24)27(34)30-21(14-19-4-3-11-40-19)28(35)31-10-8-22-26(31)23(33)16-32(22)41(36,37)20-5-2-9-29-15-20/h2-7,9,11-13,15,21-22,26H,8,10,14,16H2,1H3,(H,30,34). The molecule has 0 saturated carbocycles. The number of thiophene rings is 1. The Bertz CT molecular complexity index is 1720. The first-order chi connectivity index (χ1) is 19.8. The predicted octanol–water partition coefficient (Wildman–Crippen LogP) is 2.48. The lowest BCUT2D eigenvalue weighted by Gasteiger charge is -2.28. The van der Waals surface area contributed by atoms with Crippen LogP contribution in [0.15, 0.2) is 75.6 Å². The number of ether oxygens (including phenoxy) is 1. The molecule has 2 fully saturated rings. The van der Waals surface area contributed by atoms with Crippen molar-refractivity contribution in [1.29, 1.82) is 0 Å². The number of fused-ring (bicyclic) bond motifs is 2. The van der Waals surface area contributed by atoms with Crippen LogP contribution in [0, 0.1) is 0 Å². The molecule has 0 spiro atoms. The Kier molecular flexibility index (Phi) is 7.09. The number of amides is 2. The van der Waals surface area contributed by atoms with E-state index in [1.807, 2.05) is 17.5 Å². The van der Waals surface area contributed by atoms with E-state index in [9.17, 15) is 22.8 Å². The molecular weight excluding hydrogens is 568 g/mol. The molecule has 1 aromatic carbocycles. The molecule has 6 rings (SSSR count). The van der Waals surface area contributed by atoms with Crippen LogP contribution in [0.3, 0.4) is 0 Å². The second kappa shape index (κ2) is 10.7. The van der Waals surface area contributed by atoms with Gasteiger partial charge in [0, 0.05) is 35.6 Å². The number of Topliss-reactive ketones (excluding diaryl/α,β-unsaturated/α-hetero) is 1. The normalized spacial score (nSPS) is 19.8. The van der Waals surface area contributed by atoms with Crippen LogP contribution in [0.4, 0.5) is 0 Å². The molecule has 11 nitrogen and oxygen atoms in total. The maximum Gasteiger partial charge on any atom is 0.287 e. The average Bonchev–Trinajstić information content (AvgIpc) is 3.78. The summed E-state index contributed by atoms with van der Waals surface area (Å²) in [7, 11) is -2.44. The third-order valence-corrected chi connectivity index (χ3v) is 10.2. The SMILES string of the molecule is COc1ccc2oc(C(=O)NC(Cc3cccs3)C(=O)N3CCC4C3C(=O)CN4S(=O)(=O)c3cccnc3)cc2c1. The van der Waals surface area contributed by atoms with E-state index in [4.69, 9.17) is 9.15 Å². The minimum absolute atomic E-state index is 0.00971. The number of nitrogens with zero attached hydrogens (tertiary/aromatic N) is 3. The molecule has 0 radical (unpaired) electrons. The quantitative estimate of drug-likeness (QED) is 0.328. The van der Waals surface area contributed by atoms with Crippen LogP contribution >= 0.6 is 11.3 Å². The minimum Gasteiger partial charge on any atom is -0.497 e. The van der Waals surface area contributed by atoms with Crippen LogP contribution in [0.5, 0.6) is 5.75 Å². The maximum atomic E-state index is 13.9. The zero-order valence-corrected chi connectivity index (χ0v) is 23.6. The summed E-state index contributed by atoms with van der Waals surface area (Å²) in [6, 6.07) is 10.8. The molecule has 0 aliphatic carbocycles. The van der Waals surface area contributed by atoms with Gasteiger partial charge in [0.25, 0.3) is 5.91 Å². The van der Waals surface area contributed by atoms with Gasteiger partial charge in [-0.3, -0.25) is 19.4 Å². The van der Waals surface area contributed by atoms with E-state index in [0.717, 1.165) is 4.88 Å². The number of aromatic nitrogens is 1. The van der Waals surface area contributed by atoms with E-state index < -0.39 is 40.0 Å². The van der Waals surface area contributed by atoms with E-state index in [1.165, 1.54) is 45.1 Å². The first-order valence-corrected chi connectivity index (χ1v) is 15.2. The van der Waals surface area contributed by atoms with E-state index in [1.54, 1.807) is 31.4 Å². The van der Waals surface area contributed by atoms with Crippen molar-refractivity contribution in [2.75, 3.05) is 20.2 Å². The van der Waals surface area contributed by atoms with Crippen molar-refractivity contribution in [2.45, 2.75) is 35.9 Å². The van der Waals surface area contributed by atoms with Crippen molar-refractivity contribution in [1.82, 2.24) is 19.5 Å². The van der Waals surface area contributed by atoms with E-state index in [-0.39, 0.29) is 35.9 Å². The number of carbonyl (C=O) groups excluding carboxylic acids is 3. The number of hydrogen-bond donors (Lipinski definition) is 1. The van der Waals surface area contributed by atoms with Crippen molar-refractivity contribution >= 4 is 49.9 Å². The van der Waals surface area contributed by atoms with Gasteiger partial charge in [-0.15, -0.1) is 11.3 Å². The summed E-state index contributed by atoms with van der Waals surface area (Å²) >= 11 is 1.44. The topological polar surface area (TPSA) is 139 Å². The van der Waals surface area contributed by atoms with Gasteiger partial charge in [-0.05, 0) is 54.3 Å². The van der Waals surface area contributed by atoms with Crippen LogP contribution in [0.25, 0.3) is 11.0 Å². The Morgan fingerprint density at radius 3 is 2.80 bits per heavy atom. The van der Waals surface area contributed by atoms with Crippen LogP contribution in [0.2, 0.25) is 0 Å². The molecule has 3 atom stereocenters. The van der Waals surface area contributed by atoms with Gasteiger partial charge in [0.05, 0.1) is 19.7 Å². The lowest BCUT2D eigenvalue weighted by molar-refractivity contribution is -0.138. The Hall–Kier alpha value is -4.07. The fourth-order valence-electron chi connectivity index (χ4n) is 5.50. The molecule has 1 N–H and O–H groups in total. The Labute approximate surface area is 239 Å². The highest BCUT2D eigenvalue weighted by atomic mass is 32.2. The summed E-state index contributed by atoms with van der Waals surface area (Å²) < 4.78 is 38.8. The smallest absolute Gasteiger partial charge is 0.287 e. The summed E-state index contributed by atoms with van der Waals surface area (Å²) in [4.78, 5) is 46.6. The summed E-state index contributed by atoms with van der Waals surface area (Å²) in [5.74, 6) is -0.751. The molecule has 212 valence electrons. The van der Waals surface area contributed by atoms with E-state index in [0.29, 0.717) is 23.1 Å². The molecule has 3 unspecified atom stereocenters. The zero-order valence-electron chi connectivity index (χ0n) is 21.9. The van der Waals surface area contributed by atoms with Crippen LogP contribution < -0.4 is 10.1 Å². The fourth-order valence-corrected chi connectivity index (χ4v) is 7.84. The number of likely N-dealkylation sites (tertiary alicyclic amines) is 1. The molecule has 5 heterocycles. The highest BCUT2D eigenvalue weighted by Crippen LogP contribution is 2.34. The molecule has 2 saturated heterocycles. The van der Waals surface area contributed by atoms with Gasteiger partial charge in [0.15, 0.2) is 11.5 Å². The molecule has 41 heavy (non-hydrogen) atoms. The van der Waals surface area contributed by atoms with Crippen LogP contribution in [-0.4, -0.2) is 78.5 Å². The third-order valence-electron chi connectivity index (χ3n) is 7.44. The first kappa shape index (κ1) is 27.1. The van der Waals surface area contributed by atoms with Crippen molar-refractivity contribution in [2.24, 2.45) is 0 Å². The molecule has 2 aliphatic heterocycles. The molecule has 2 aliphatic rings. The zero-order chi connectivity index (χ0) is 28.7. The Morgan fingerprint density at radius 1 is 1.22 bits per heavy atom. The Balaban J connectivity index is 1.25. The molecule has 2 amide bonds. The van der Waals surface area contributed by atoms with Crippen molar-refractivity contribution in [3.05, 3.63) is 76.9 Å². The second-order valence-electron chi connectivity index (χ2n) is 9.86. The van der Waals surface area contributed by atoms with Gasteiger partial charge in [0.1, 0.15) is 28.3 Å². The van der Waals surface area contributed by atoms with Crippen molar-refractivity contribution < 1.29 is 32.0 Å². The minimum atomic E-state index is -3.99. The van der Waals surface area contributed by atoms with Gasteiger partial charge in [-0.1, -0.05) is 6.07 Å². The van der Waals surface area contributed by atoms with Gasteiger partial charge in [0.2, 0.25) is 15.9 Å². The highest BCUT2D eigenvalue weighted by molar-refractivity contribution is 7.89. The molecule has 4 aromatic rings. The third kappa shape index (κ3) is 5.00. The number of ketones is 1. The number of nitrogens with one attached hydrogen (secondary N) is 1. The number of rotatable bonds is 8. The first-order valence-electron chi connectivity index (χ1n) is 12.9. The van der Waals surface area contributed by atoms with Crippen molar-refractivity contribution in [3.63, 3.8) is 0 Å². The maximum absolute atomic E-state index is 13.9. The second-order valence-corrected chi connectivity index (χ2v) is 12.8. The molecule has 0 bridgehead atoms. The van der Waals surface area contributed by atoms with E-state index in [2.05, 4.69) is 10.3 Å². The van der Waals surface area contributed by atoms with E-state index >= 15 is 0 Å². The number of pyridine rings is 1. The van der Waals surface area contributed by atoms with Gasteiger partial charge in [-0.25, -0.2) is 8.42 Å². The summed E-state index contributed by atoms with van der Waals surface area (Å²) in [6.45, 7) is -0.152. The number of benzene rings is 1. The molecule has 13 heteroatoms. The number of sulfonamides is 1. The van der Waals surface area contributed by atoms with Crippen LogP contribution in [-0.2, 0) is 26.0 Å². The fraction of sp³-hybridized carbons (Fsp3) is 0.286.